The summed E-state index contributed by atoms with van der Waals surface area (Å²) in [6.07, 6.45) is 4.40. The highest BCUT2D eigenvalue weighted by atomic mass is 15.2. The molecule has 2 atom stereocenters. The molecule has 0 aromatic carbocycles. The van der Waals surface area contributed by atoms with Gasteiger partial charge in [0.2, 0.25) is 0 Å². The zero-order valence-corrected chi connectivity index (χ0v) is 7.01. The van der Waals surface area contributed by atoms with Gasteiger partial charge < -0.3 is 4.90 Å². The van der Waals surface area contributed by atoms with Gasteiger partial charge in [-0.25, -0.2) is 0 Å². The lowest BCUT2D eigenvalue weighted by Crippen LogP contribution is -2.23. The second kappa shape index (κ2) is 2.23. The number of nitrogens with zero attached hydrogens (tertiary/aromatic N) is 1. The molecule has 0 aromatic rings. The zero-order chi connectivity index (χ0) is 7.14. The second-order valence-corrected chi connectivity index (χ2v) is 4.14. The molecule has 2 rings (SSSR count). The normalized spacial score (nSPS) is 38.7. The molecule has 0 aromatic heterocycles. The van der Waals surface area contributed by atoms with Crippen molar-refractivity contribution in [2.24, 2.45) is 11.8 Å². The summed E-state index contributed by atoms with van der Waals surface area (Å²) in [6.45, 7) is 3.73. The first kappa shape index (κ1) is 6.66. The van der Waals surface area contributed by atoms with E-state index in [1.165, 1.54) is 25.8 Å². The van der Waals surface area contributed by atoms with Gasteiger partial charge >= 0.3 is 0 Å². The molecular formula is C9H17N. The highest BCUT2D eigenvalue weighted by molar-refractivity contribution is 4.89. The molecule has 1 heteroatoms. The fourth-order valence-electron chi connectivity index (χ4n) is 1.69. The third-order valence-electron chi connectivity index (χ3n) is 2.97. The largest absolute Gasteiger partial charge is 0.303 e. The Hall–Kier alpha value is -0.0400. The molecule has 2 unspecified atom stereocenters. The van der Waals surface area contributed by atoms with Crippen LogP contribution in [-0.4, -0.2) is 24.5 Å². The maximum Gasteiger partial charge on any atom is 0.00934 e. The van der Waals surface area contributed by atoms with Gasteiger partial charge in [-0.05, 0) is 38.1 Å². The summed E-state index contributed by atoms with van der Waals surface area (Å²) in [5.41, 5.74) is 0. The molecule has 2 fully saturated rings. The lowest BCUT2D eigenvalue weighted by atomic mass is 10.3. The van der Waals surface area contributed by atoms with Crippen molar-refractivity contribution in [2.45, 2.75) is 32.2 Å². The molecule has 58 valence electrons. The fraction of sp³-hybridized carbons (Fsp3) is 1.00. The van der Waals surface area contributed by atoms with E-state index in [1.807, 2.05) is 0 Å². The third-order valence-corrected chi connectivity index (χ3v) is 2.97. The molecule has 0 N–H and O–H groups in total. The van der Waals surface area contributed by atoms with Crippen LogP contribution in [0.2, 0.25) is 0 Å². The van der Waals surface area contributed by atoms with Crippen LogP contribution >= 0.6 is 0 Å². The van der Waals surface area contributed by atoms with Gasteiger partial charge in [0.1, 0.15) is 0 Å². The highest BCUT2D eigenvalue weighted by Gasteiger charge is 2.36. The summed E-state index contributed by atoms with van der Waals surface area (Å²) in [7, 11) is 2.28. The molecule has 0 bridgehead atoms. The SMILES string of the molecule is CC1CC1CN(C)C1CC1. The number of hydrogen-bond acceptors (Lipinski definition) is 1. The molecule has 2 aliphatic rings. The molecular weight excluding hydrogens is 122 g/mol. The van der Waals surface area contributed by atoms with Gasteiger partial charge in [0, 0.05) is 12.6 Å². The van der Waals surface area contributed by atoms with Gasteiger partial charge in [-0.3, -0.25) is 0 Å². The molecule has 10 heavy (non-hydrogen) atoms. The van der Waals surface area contributed by atoms with E-state index in [0.717, 1.165) is 17.9 Å². The van der Waals surface area contributed by atoms with Crippen LogP contribution in [0, 0.1) is 11.8 Å². The molecule has 0 amide bonds. The number of hydrogen-bond donors (Lipinski definition) is 0. The van der Waals surface area contributed by atoms with E-state index in [1.54, 1.807) is 0 Å². The van der Waals surface area contributed by atoms with Crippen LogP contribution in [0.15, 0.2) is 0 Å². The first-order chi connectivity index (χ1) is 4.77. The minimum Gasteiger partial charge on any atom is -0.303 e. The average molecular weight is 139 g/mol. The predicted octanol–water partition coefficient (Wildman–Crippen LogP) is 1.74. The van der Waals surface area contributed by atoms with Crippen molar-refractivity contribution in [3.05, 3.63) is 0 Å². The Balaban J connectivity index is 1.69. The van der Waals surface area contributed by atoms with E-state index in [2.05, 4.69) is 18.9 Å². The minimum absolute atomic E-state index is 0.966. The first-order valence-electron chi connectivity index (χ1n) is 4.47. The van der Waals surface area contributed by atoms with Crippen LogP contribution in [0.25, 0.3) is 0 Å². The topological polar surface area (TPSA) is 3.24 Å². The summed E-state index contributed by atoms with van der Waals surface area (Å²) in [6, 6.07) is 0.966. The van der Waals surface area contributed by atoms with Crippen LogP contribution in [-0.2, 0) is 0 Å². The molecule has 0 heterocycles. The van der Waals surface area contributed by atoms with E-state index in [9.17, 15) is 0 Å². The Morgan fingerprint density at radius 2 is 2.00 bits per heavy atom. The zero-order valence-electron chi connectivity index (χ0n) is 7.01. The van der Waals surface area contributed by atoms with E-state index in [-0.39, 0.29) is 0 Å². The summed E-state index contributed by atoms with van der Waals surface area (Å²) < 4.78 is 0. The molecule has 0 aliphatic heterocycles. The van der Waals surface area contributed by atoms with Crippen molar-refractivity contribution in [3.8, 4) is 0 Å². The van der Waals surface area contributed by atoms with Crippen LogP contribution in [0.5, 0.6) is 0 Å². The maximum atomic E-state index is 2.55. The molecule has 2 saturated carbocycles. The summed E-state index contributed by atoms with van der Waals surface area (Å²) >= 11 is 0. The Kier molecular flexibility index (Phi) is 1.48. The Morgan fingerprint density at radius 1 is 1.40 bits per heavy atom. The van der Waals surface area contributed by atoms with Crippen molar-refractivity contribution in [1.82, 2.24) is 4.90 Å². The number of rotatable bonds is 3. The van der Waals surface area contributed by atoms with Gasteiger partial charge in [0.05, 0.1) is 0 Å². The van der Waals surface area contributed by atoms with E-state index >= 15 is 0 Å². The van der Waals surface area contributed by atoms with Crippen LogP contribution in [0.3, 0.4) is 0 Å². The molecule has 2 aliphatic carbocycles. The average Bonchev–Trinajstić information content (AvgIpc) is 2.66. The molecule has 0 radical (unpaired) electrons. The van der Waals surface area contributed by atoms with Gasteiger partial charge in [0.15, 0.2) is 0 Å². The van der Waals surface area contributed by atoms with Crippen molar-refractivity contribution >= 4 is 0 Å². The predicted molar refractivity (Wildman–Crippen MR) is 42.9 cm³/mol. The molecule has 0 spiro atoms. The monoisotopic (exact) mass is 139 g/mol. The van der Waals surface area contributed by atoms with Crippen LogP contribution in [0.4, 0.5) is 0 Å². The van der Waals surface area contributed by atoms with Gasteiger partial charge in [-0.1, -0.05) is 6.92 Å². The summed E-state index contributed by atoms with van der Waals surface area (Å²) in [5, 5.41) is 0. The lowest BCUT2D eigenvalue weighted by Gasteiger charge is -2.14. The Morgan fingerprint density at radius 3 is 2.40 bits per heavy atom. The maximum absolute atomic E-state index is 2.55. The Bertz CT molecular complexity index is 129. The van der Waals surface area contributed by atoms with Crippen molar-refractivity contribution < 1.29 is 0 Å². The van der Waals surface area contributed by atoms with Crippen molar-refractivity contribution in [2.75, 3.05) is 13.6 Å². The summed E-state index contributed by atoms with van der Waals surface area (Å²) in [5.74, 6) is 2.08. The van der Waals surface area contributed by atoms with Gasteiger partial charge in [0.25, 0.3) is 0 Å². The highest BCUT2D eigenvalue weighted by Crippen LogP contribution is 2.39. The van der Waals surface area contributed by atoms with Gasteiger partial charge in [-0.15, -0.1) is 0 Å². The van der Waals surface area contributed by atoms with E-state index < -0.39 is 0 Å². The molecule has 0 saturated heterocycles. The minimum atomic E-state index is 0.966. The fourth-order valence-corrected chi connectivity index (χ4v) is 1.69. The van der Waals surface area contributed by atoms with Crippen LogP contribution in [0.1, 0.15) is 26.2 Å². The van der Waals surface area contributed by atoms with E-state index in [4.69, 9.17) is 0 Å². The Labute approximate surface area is 63.4 Å². The van der Waals surface area contributed by atoms with Crippen LogP contribution < -0.4 is 0 Å². The lowest BCUT2D eigenvalue weighted by molar-refractivity contribution is 0.305. The first-order valence-corrected chi connectivity index (χ1v) is 4.47. The molecule has 1 nitrogen and oxygen atoms in total. The summed E-state index contributed by atoms with van der Waals surface area (Å²) in [4.78, 5) is 2.55. The standard InChI is InChI=1S/C9H17N/c1-7-5-8(7)6-10(2)9-3-4-9/h7-9H,3-6H2,1-2H3. The van der Waals surface area contributed by atoms with Gasteiger partial charge in [-0.2, -0.15) is 0 Å². The van der Waals surface area contributed by atoms with Crippen molar-refractivity contribution in [1.29, 1.82) is 0 Å². The third kappa shape index (κ3) is 1.34. The quantitative estimate of drug-likeness (QED) is 0.575. The van der Waals surface area contributed by atoms with E-state index in [0.29, 0.717) is 0 Å². The van der Waals surface area contributed by atoms with Crippen molar-refractivity contribution in [3.63, 3.8) is 0 Å². The second-order valence-electron chi connectivity index (χ2n) is 4.14. The smallest absolute Gasteiger partial charge is 0.00934 e.